The van der Waals surface area contributed by atoms with E-state index < -0.39 is 11.6 Å². The van der Waals surface area contributed by atoms with E-state index in [9.17, 15) is 4.79 Å². The van der Waals surface area contributed by atoms with Crippen molar-refractivity contribution in [3.63, 3.8) is 0 Å². The highest BCUT2D eigenvalue weighted by Gasteiger charge is 2.53. The number of nitrogens with zero attached hydrogens (tertiary/aromatic N) is 1. The molecule has 0 aliphatic carbocycles. The second-order valence-corrected chi connectivity index (χ2v) is 11.6. The first kappa shape index (κ1) is 30.5. The van der Waals surface area contributed by atoms with Crippen molar-refractivity contribution < 1.29 is 33.6 Å². The number of hydrogen-bond donors (Lipinski definition) is 2. The minimum atomic E-state index is -1.38. The summed E-state index contributed by atoms with van der Waals surface area (Å²) in [6, 6.07) is 28.3. The molecule has 0 spiro atoms. The van der Waals surface area contributed by atoms with Crippen LogP contribution in [0.1, 0.15) is 34.8 Å². The third kappa shape index (κ3) is 6.62. The average Bonchev–Trinajstić information content (AvgIpc) is 3.70. The summed E-state index contributed by atoms with van der Waals surface area (Å²) in [5.74, 6) is 2.68. The van der Waals surface area contributed by atoms with Crippen molar-refractivity contribution in [1.29, 1.82) is 0 Å². The number of amides is 1. The van der Waals surface area contributed by atoms with Gasteiger partial charge in [-0.1, -0.05) is 52.3 Å². The predicted octanol–water partition coefficient (Wildman–Crippen LogP) is 5.76. The standard InChI is InChI=1S/C35H33BrN2O7/c1-41-28-8-4-7-25(19-28)32-35(20-26-6-2-3-9-29(26)36,34(40)37-21-23-10-15-30-31(18-23)44-22-43-30)38-33(45-32)24-11-13-27(14-12-24)42-17-5-16-39/h2-4,6-15,18-19,32,39H,5,16-17,20-22H2,1H3,(H,37,40)/t32-,35-/m1/s1. The van der Waals surface area contributed by atoms with Crippen molar-refractivity contribution in [2.24, 2.45) is 4.99 Å². The maximum Gasteiger partial charge on any atom is 0.252 e. The molecule has 2 N–H and O–H groups in total. The van der Waals surface area contributed by atoms with Gasteiger partial charge in [0.2, 0.25) is 12.7 Å². The molecule has 1 amide bonds. The number of rotatable bonds is 12. The van der Waals surface area contributed by atoms with Crippen LogP contribution in [0.25, 0.3) is 0 Å². The van der Waals surface area contributed by atoms with Crippen LogP contribution in [0.2, 0.25) is 0 Å². The molecule has 232 valence electrons. The van der Waals surface area contributed by atoms with E-state index in [4.69, 9.17) is 33.8 Å². The van der Waals surface area contributed by atoms with E-state index in [1.54, 1.807) is 7.11 Å². The molecule has 45 heavy (non-hydrogen) atoms. The Balaban J connectivity index is 1.39. The van der Waals surface area contributed by atoms with Crippen LogP contribution in [0.15, 0.2) is 100 Å². The lowest BCUT2D eigenvalue weighted by atomic mass is 9.82. The second kappa shape index (κ2) is 13.6. The zero-order valence-corrected chi connectivity index (χ0v) is 26.3. The molecule has 10 heteroatoms. The highest BCUT2D eigenvalue weighted by atomic mass is 79.9. The van der Waals surface area contributed by atoms with Crippen molar-refractivity contribution in [3.05, 3.63) is 118 Å². The molecule has 0 fully saturated rings. The van der Waals surface area contributed by atoms with E-state index in [-0.39, 0.29) is 32.3 Å². The predicted molar refractivity (Wildman–Crippen MR) is 172 cm³/mol. The third-order valence-corrected chi connectivity index (χ3v) is 8.51. The molecule has 0 unspecified atom stereocenters. The molecule has 0 radical (unpaired) electrons. The van der Waals surface area contributed by atoms with Crippen LogP contribution in [-0.2, 0) is 22.5 Å². The number of benzene rings is 4. The molecular formula is C35H33BrN2O7. The highest BCUT2D eigenvalue weighted by Crippen LogP contribution is 2.44. The van der Waals surface area contributed by atoms with Gasteiger partial charge in [0.05, 0.1) is 13.7 Å². The molecule has 0 bridgehead atoms. The summed E-state index contributed by atoms with van der Waals surface area (Å²) in [5.41, 5.74) is 1.85. The van der Waals surface area contributed by atoms with Crippen LogP contribution in [0, 0.1) is 0 Å². The van der Waals surface area contributed by atoms with Gasteiger partial charge in [0.15, 0.2) is 23.1 Å². The van der Waals surface area contributed by atoms with Crippen LogP contribution in [0.4, 0.5) is 0 Å². The molecule has 2 aliphatic rings. The zero-order chi connectivity index (χ0) is 31.2. The number of hydrogen-bond acceptors (Lipinski definition) is 8. The fourth-order valence-corrected chi connectivity index (χ4v) is 5.83. The largest absolute Gasteiger partial charge is 0.497 e. The minimum Gasteiger partial charge on any atom is -0.497 e. The molecule has 2 aliphatic heterocycles. The molecule has 4 aromatic rings. The van der Waals surface area contributed by atoms with Crippen molar-refractivity contribution in [2.45, 2.75) is 31.0 Å². The fourth-order valence-electron chi connectivity index (χ4n) is 5.41. The highest BCUT2D eigenvalue weighted by molar-refractivity contribution is 9.10. The van der Waals surface area contributed by atoms with Gasteiger partial charge in [-0.25, -0.2) is 4.99 Å². The summed E-state index contributed by atoms with van der Waals surface area (Å²) in [7, 11) is 1.60. The van der Waals surface area contributed by atoms with Crippen LogP contribution in [0.5, 0.6) is 23.0 Å². The van der Waals surface area contributed by atoms with Gasteiger partial charge >= 0.3 is 0 Å². The molecule has 9 nitrogen and oxygen atoms in total. The zero-order valence-electron chi connectivity index (χ0n) is 24.7. The van der Waals surface area contributed by atoms with Gasteiger partial charge in [0, 0.05) is 36.0 Å². The molecular weight excluding hydrogens is 640 g/mol. The maximum atomic E-state index is 14.6. The summed E-state index contributed by atoms with van der Waals surface area (Å²) >= 11 is 3.68. The summed E-state index contributed by atoms with van der Waals surface area (Å²) in [6.07, 6.45) is 0.0281. The summed E-state index contributed by atoms with van der Waals surface area (Å²) < 4.78 is 29.7. The number of halogens is 1. The molecule has 2 heterocycles. The number of aliphatic hydroxyl groups is 1. The van der Waals surface area contributed by atoms with Gasteiger partial charge in [-0.15, -0.1) is 0 Å². The Labute approximate surface area is 269 Å². The van der Waals surface area contributed by atoms with E-state index in [1.807, 2.05) is 91.0 Å². The van der Waals surface area contributed by atoms with Crippen molar-refractivity contribution in [3.8, 4) is 23.0 Å². The first-order valence-corrected chi connectivity index (χ1v) is 15.4. The van der Waals surface area contributed by atoms with E-state index in [1.165, 1.54) is 0 Å². The first-order valence-electron chi connectivity index (χ1n) is 14.6. The lowest BCUT2D eigenvalue weighted by molar-refractivity contribution is -0.129. The average molecular weight is 674 g/mol. The molecule has 2 atom stereocenters. The Hall–Kier alpha value is -4.54. The van der Waals surface area contributed by atoms with E-state index >= 15 is 0 Å². The Kier molecular flexibility index (Phi) is 9.23. The number of aliphatic imine (C=N–C) groups is 1. The van der Waals surface area contributed by atoms with Crippen LogP contribution in [-0.4, -0.2) is 49.6 Å². The van der Waals surface area contributed by atoms with Gasteiger partial charge in [0.1, 0.15) is 11.5 Å². The smallest absolute Gasteiger partial charge is 0.252 e. The first-order chi connectivity index (χ1) is 22.0. The van der Waals surface area contributed by atoms with Crippen LogP contribution >= 0.6 is 15.9 Å². The number of fused-ring (bicyclic) bond motifs is 1. The number of nitrogens with one attached hydrogen (secondary N) is 1. The van der Waals surface area contributed by atoms with E-state index in [0.29, 0.717) is 47.5 Å². The molecule has 0 aromatic heterocycles. The number of aliphatic hydroxyl groups excluding tert-OH is 1. The van der Waals surface area contributed by atoms with Gasteiger partial charge < -0.3 is 34.1 Å². The third-order valence-electron chi connectivity index (χ3n) is 7.73. The molecule has 0 saturated carbocycles. The van der Waals surface area contributed by atoms with E-state index in [0.717, 1.165) is 21.2 Å². The SMILES string of the molecule is COc1cccc([C@H]2OC(c3ccc(OCCCO)cc3)=N[C@@]2(Cc2ccccc2Br)C(=O)NCc2ccc3c(c2)OCO3)c1. The molecule has 6 rings (SSSR count). The summed E-state index contributed by atoms with van der Waals surface area (Å²) in [5, 5.41) is 12.2. The Morgan fingerprint density at radius 3 is 2.62 bits per heavy atom. The summed E-state index contributed by atoms with van der Waals surface area (Å²) in [6.45, 7) is 0.893. The maximum absolute atomic E-state index is 14.6. The minimum absolute atomic E-state index is 0.0602. The van der Waals surface area contributed by atoms with Gasteiger partial charge in [-0.3, -0.25) is 4.79 Å². The van der Waals surface area contributed by atoms with Crippen LogP contribution in [0.3, 0.4) is 0 Å². The monoisotopic (exact) mass is 672 g/mol. The van der Waals surface area contributed by atoms with Crippen molar-refractivity contribution >= 4 is 27.7 Å². The Bertz CT molecular complexity index is 1690. The fraction of sp³-hybridized carbons (Fsp3) is 0.257. The Morgan fingerprint density at radius 2 is 1.82 bits per heavy atom. The normalized spacial score (nSPS) is 18.2. The number of carbonyl (C=O) groups excluding carboxylic acids is 1. The van der Waals surface area contributed by atoms with Gasteiger partial charge in [0.25, 0.3) is 5.91 Å². The number of carbonyl (C=O) groups is 1. The van der Waals surface area contributed by atoms with E-state index in [2.05, 4.69) is 21.2 Å². The van der Waals surface area contributed by atoms with Crippen molar-refractivity contribution in [2.75, 3.05) is 27.1 Å². The van der Waals surface area contributed by atoms with Gasteiger partial charge in [-0.05, 0) is 71.3 Å². The Morgan fingerprint density at radius 1 is 1.00 bits per heavy atom. The lowest BCUT2D eigenvalue weighted by Crippen LogP contribution is -2.49. The van der Waals surface area contributed by atoms with Gasteiger partial charge in [-0.2, -0.15) is 0 Å². The summed E-state index contributed by atoms with van der Waals surface area (Å²) in [4.78, 5) is 19.7. The van der Waals surface area contributed by atoms with Crippen molar-refractivity contribution in [1.82, 2.24) is 5.32 Å². The quantitative estimate of drug-likeness (QED) is 0.184. The molecule has 4 aromatic carbocycles. The number of methoxy groups -OCH3 is 1. The van der Waals surface area contributed by atoms with Crippen LogP contribution < -0.4 is 24.3 Å². The topological polar surface area (TPSA) is 108 Å². The molecule has 0 saturated heterocycles. The number of ether oxygens (including phenoxy) is 5. The second-order valence-electron chi connectivity index (χ2n) is 10.7. The lowest BCUT2D eigenvalue weighted by Gasteiger charge is -2.31.